The van der Waals surface area contributed by atoms with Crippen LogP contribution >= 0.6 is 11.3 Å². The summed E-state index contributed by atoms with van der Waals surface area (Å²) in [6, 6.07) is 14.5. The molecule has 0 atom stereocenters. The van der Waals surface area contributed by atoms with E-state index in [1.165, 1.54) is 28.0 Å². The minimum absolute atomic E-state index is 0.283. The second kappa shape index (κ2) is 7.51. The number of anilines is 1. The zero-order chi connectivity index (χ0) is 18.7. The van der Waals surface area contributed by atoms with Crippen LogP contribution in [0, 0.1) is 39.0 Å². The fourth-order valence-corrected chi connectivity index (χ4v) is 3.54. The van der Waals surface area contributed by atoms with Gasteiger partial charge in [-0.3, -0.25) is 5.43 Å². The number of nitrogens with one attached hydrogen (secondary N) is 1. The molecule has 3 aromatic rings. The number of thiazole rings is 1. The van der Waals surface area contributed by atoms with Gasteiger partial charge in [0.15, 0.2) is 10.7 Å². The lowest BCUT2D eigenvalue weighted by atomic mass is 10.0. The minimum Gasteiger partial charge on any atom is -0.277 e. The zero-order valence-electron chi connectivity index (χ0n) is 15.3. The van der Waals surface area contributed by atoms with Gasteiger partial charge in [0.1, 0.15) is 6.07 Å². The minimum atomic E-state index is 0.283. The van der Waals surface area contributed by atoms with Gasteiger partial charge in [-0.2, -0.15) is 10.4 Å². The van der Waals surface area contributed by atoms with Crippen molar-refractivity contribution in [2.75, 3.05) is 5.43 Å². The molecule has 0 radical (unpaired) electrons. The lowest BCUT2D eigenvalue weighted by Gasteiger charge is -2.06. The fourth-order valence-electron chi connectivity index (χ4n) is 2.78. The highest BCUT2D eigenvalue weighted by atomic mass is 32.1. The van der Waals surface area contributed by atoms with E-state index in [2.05, 4.69) is 59.7 Å². The van der Waals surface area contributed by atoms with Gasteiger partial charge in [-0.05, 0) is 44.9 Å². The summed E-state index contributed by atoms with van der Waals surface area (Å²) in [5.41, 5.74) is 10.8. The van der Waals surface area contributed by atoms with E-state index in [0.29, 0.717) is 5.01 Å². The van der Waals surface area contributed by atoms with E-state index in [-0.39, 0.29) is 5.71 Å². The van der Waals surface area contributed by atoms with Crippen molar-refractivity contribution in [2.45, 2.75) is 27.7 Å². The van der Waals surface area contributed by atoms with Crippen molar-refractivity contribution in [3.63, 3.8) is 0 Å². The van der Waals surface area contributed by atoms with Gasteiger partial charge in [-0.25, -0.2) is 4.98 Å². The quantitative estimate of drug-likeness (QED) is 0.502. The van der Waals surface area contributed by atoms with Crippen LogP contribution in [0.25, 0.3) is 11.3 Å². The number of hydrogen-bond donors (Lipinski definition) is 1. The Labute approximate surface area is 157 Å². The molecule has 1 N–H and O–H groups in total. The molecule has 130 valence electrons. The predicted molar refractivity (Wildman–Crippen MR) is 109 cm³/mol. The van der Waals surface area contributed by atoms with Gasteiger partial charge < -0.3 is 0 Å². The normalized spacial score (nSPS) is 11.3. The lowest BCUT2D eigenvalue weighted by Crippen LogP contribution is -2.02. The first kappa shape index (κ1) is 17.8. The summed E-state index contributed by atoms with van der Waals surface area (Å²) in [5.74, 6) is 0. The number of nitrogens with zero attached hydrogens (tertiary/aromatic N) is 3. The average Bonchev–Trinajstić information content (AvgIpc) is 3.06. The molecule has 0 amide bonds. The largest absolute Gasteiger partial charge is 0.277 e. The highest BCUT2D eigenvalue weighted by Crippen LogP contribution is 2.26. The Kier molecular flexibility index (Phi) is 5.15. The van der Waals surface area contributed by atoms with Crippen molar-refractivity contribution in [3.8, 4) is 17.3 Å². The summed E-state index contributed by atoms with van der Waals surface area (Å²) in [6.07, 6.45) is 0. The van der Waals surface area contributed by atoms with Gasteiger partial charge in [-0.1, -0.05) is 41.5 Å². The van der Waals surface area contributed by atoms with Crippen LogP contribution in [0.5, 0.6) is 0 Å². The van der Waals surface area contributed by atoms with Crippen LogP contribution in [-0.4, -0.2) is 10.7 Å². The van der Waals surface area contributed by atoms with Gasteiger partial charge in [0.25, 0.3) is 0 Å². The third kappa shape index (κ3) is 3.81. The van der Waals surface area contributed by atoms with E-state index < -0.39 is 0 Å². The first-order valence-corrected chi connectivity index (χ1v) is 9.20. The Morgan fingerprint density at radius 3 is 2.38 bits per heavy atom. The van der Waals surface area contributed by atoms with Crippen LogP contribution in [0.2, 0.25) is 0 Å². The van der Waals surface area contributed by atoms with Crippen molar-refractivity contribution in [2.24, 2.45) is 5.10 Å². The molecule has 1 heterocycles. The topological polar surface area (TPSA) is 61.1 Å². The second-order valence-electron chi connectivity index (χ2n) is 6.36. The van der Waals surface area contributed by atoms with E-state index in [9.17, 15) is 5.26 Å². The molecule has 0 aliphatic heterocycles. The summed E-state index contributed by atoms with van der Waals surface area (Å²) < 4.78 is 0. The van der Waals surface area contributed by atoms with E-state index in [0.717, 1.165) is 22.5 Å². The molecule has 2 aromatic carbocycles. The molecule has 1 aromatic heterocycles. The van der Waals surface area contributed by atoms with Crippen LogP contribution in [0.15, 0.2) is 46.9 Å². The Hall–Kier alpha value is -2.97. The summed E-state index contributed by atoms with van der Waals surface area (Å²) in [6.45, 7) is 8.20. The molecule has 0 saturated carbocycles. The first-order chi connectivity index (χ1) is 12.5. The smallest absolute Gasteiger partial charge is 0.196 e. The number of benzene rings is 2. The molecule has 26 heavy (non-hydrogen) atoms. The van der Waals surface area contributed by atoms with Gasteiger partial charge >= 0.3 is 0 Å². The molecular weight excluding hydrogens is 340 g/mol. The van der Waals surface area contributed by atoms with Crippen LogP contribution in [0.4, 0.5) is 5.69 Å². The molecule has 0 spiro atoms. The highest BCUT2D eigenvalue weighted by molar-refractivity contribution is 7.12. The molecular formula is C21H20N4S. The maximum absolute atomic E-state index is 9.49. The monoisotopic (exact) mass is 360 g/mol. The number of aryl methyl sites for hydroxylation is 4. The number of hydrogen-bond acceptors (Lipinski definition) is 5. The van der Waals surface area contributed by atoms with Crippen molar-refractivity contribution < 1.29 is 0 Å². The zero-order valence-corrected chi connectivity index (χ0v) is 16.1. The van der Waals surface area contributed by atoms with E-state index in [1.54, 1.807) is 0 Å². The molecule has 0 saturated heterocycles. The molecule has 4 nitrogen and oxygen atoms in total. The van der Waals surface area contributed by atoms with Crippen LogP contribution in [0.3, 0.4) is 0 Å². The summed E-state index contributed by atoms with van der Waals surface area (Å²) >= 11 is 1.43. The standard InChI is InChI=1S/C21H20N4S/c1-13-5-7-17(15(3)9-13)20-12-26-21(23-20)19(11-22)25-24-18-8-6-14(2)10-16(18)4/h5-10,12,24H,1-4H3/b25-19+. The summed E-state index contributed by atoms with van der Waals surface area (Å²) in [4.78, 5) is 4.62. The number of hydrazone groups is 1. The Bertz CT molecular complexity index is 1020. The Balaban J connectivity index is 1.87. The van der Waals surface area contributed by atoms with E-state index in [4.69, 9.17) is 0 Å². The number of rotatable bonds is 4. The van der Waals surface area contributed by atoms with Gasteiger partial charge in [0.05, 0.1) is 11.4 Å². The van der Waals surface area contributed by atoms with E-state index in [1.807, 2.05) is 31.4 Å². The van der Waals surface area contributed by atoms with Gasteiger partial charge in [-0.15, -0.1) is 11.3 Å². The SMILES string of the molecule is Cc1ccc(N/N=C(\C#N)c2nc(-c3ccc(C)cc3C)cs2)c(C)c1. The molecule has 0 unspecified atom stereocenters. The fraction of sp³-hybridized carbons (Fsp3) is 0.190. The average molecular weight is 360 g/mol. The maximum Gasteiger partial charge on any atom is 0.196 e. The highest BCUT2D eigenvalue weighted by Gasteiger charge is 2.12. The third-order valence-electron chi connectivity index (χ3n) is 4.14. The van der Waals surface area contributed by atoms with E-state index >= 15 is 0 Å². The van der Waals surface area contributed by atoms with Crippen LogP contribution < -0.4 is 5.43 Å². The van der Waals surface area contributed by atoms with Crippen LogP contribution in [-0.2, 0) is 0 Å². The number of aromatic nitrogens is 1. The summed E-state index contributed by atoms with van der Waals surface area (Å²) in [5, 5.41) is 16.3. The predicted octanol–water partition coefficient (Wildman–Crippen LogP) is 5.38. The first-order valence-electron chi connectivity index (χ1n) is 8.32. The molecule has 0 aliphatic rings. The van der Waals surface area contributed by atoms with Crippen LogP contribution in [0.1, 0.15) is 27.3 Å². The summed E-state index contributed by atoms with van der Waals surface area (Å²) in [7, 11) is 0. The molecule has 0 fully saturated rings. The molecule has 5 heteroatoms. The molecule has 0 bridgehead atoms. The van der Waals surface area contributed by atoms with Gasteiger partial charge in [0.2, 0.25) is 0 Å². The second-order valence-corrected chi connectivity index (χ2v) is 7.22. The molecule has 0 aliphatic carbocycles. The number of nitriles is 1. The van der Waals surface area contributed by atoms with Crippen molar-refractivity contribution in [1.29, 1.82) is 5.26 Å². The van der Waals surface area contributed by atoms with Crippen molar-refractivity contribution >= 4 is 22.7 Å². The Morgan fingerprint density at radius 2 is 1.73 bits per heavy atom. The maximum atomic E-state index is 9.49. The lowest BCUT2D eigenvalue weighted by molar-refractivity contribution is 1.27. The third-order valence-corrected chi connectivity index (χ3v) is 4.99. The van der Waals surface area contributed by atoms with Gasteiger partial charge in [0, 0.05) is 10.9 Å². The van der Waals surface area contributed by atoms with Crippen molar-refractivity contribution in [1.82, 2.24) is 4.98 Å². The molecule has 3 rings (SSSR count). The van der Waals surface area contributed by atoms with Crippen molar-refractivity contribution in [3.05, 3.63) is 69.0 Å². The Morgan fingerprint density at radius 1 is 1.04 bits per heavy atom.